The van der Waals surface area contributed by atoms with Crippen LogP contribution >= 0.6 is 0 Å². The second-order valence-electron chi connectivity index (χ2n) is 4.45. The molecule has 1 fully saturated rings. The Morgan fingerprint density at radius 1 is 1.42 bits per heavy atom. The highest BCUT2D eigenvalue weighted by Gasteiger charge is 2.35. The van der Waals surface area contributed by atoms with Crippen molar-refractivity contribution in [1.29, 1.82) is 5.26 Å². The van der Waals surface area contributed by atoms with E-state index in [1.165, 1.54) is 0 Å². The van der Waals surface area contributed by atoms with Crippen molar-refractivity contribution in [3.05, 3.63) is 29.8 Å². The molecule has 1 aromatic carbocycles. The zero-order valence-corrected chi connectivity index (χ0v) is 11.2. The normalized spacial score (nSPS) is 18.6. The number of carbonyl (C=O) groups excluding carboxylic acids is 1. The summed E-state index contributed by atoms with van der Waals surface area (Å²) in [5.74, 6) is 0.826. The fourth-order valence-corrected chi connectivity index (χ4v) is 2.27. The Morgan fingerprint density at radius 2 is 2.11 bits per heavy atom. The minimum atomic E-state index is -0.0968. The van der Waals surface area contributed by atoms with Gasteiger partial charge in [0.15, 0.2) is 0 Å². The summed E-state index contributed by atoms with van der Waals surface area (Å²) in [6.07, 6.45) is 0. The van der Waals surface area contributed by atoms with E-state index < -0.39 is 0 Å². The lowest BCUT2D eigenvalue weighted by Crippen LogP contribution is -2.29. The quantitative estimate of drug-likeness (QED) is 0.777. The molecule has 2 amide bonds. The summed E-state index contributed by atoms with van der Waals surface area (Å²) in [4.78, 5) is 15.2. The molecule has 0 spiro atoms. The van der Waals surface area contributed by atoms with E-state index in [4.69, 9.17) is 10.00 Å². The zero-order valence-electron chi connectivity index (χ0n) is 11.2. The van der Waals surface area contributed by atoms with Crippen LogP contribution in [-0.2, 0) is 0 Å². The van der Waals surface area contributed by atoms with Gasteiger partial charge in [-0.25, -0.2) is 4.79 Å². The number of carbonyl (C=O) groups is 1. The molecule has 0 radical (unpaired) electrons. The molecule has 1 aromatic rings. The van der Waals surface area contributed by atoms with Gasteiger partial charge in [0.25, 0.3) is 0 Å². The van der Waals surface area contributed by atoms with E-state index in [1.807, 2.05) is 37.3 Å². The second-order valence-corrected chi connectivity index (χ2v) is 4.45. The average molecular weight is 259 g/mol. The Morgan fingerprint density at radius 3 is 2.68 bits per heavy atom. The van der Waals surface area contributed by atoms with Gasteiger partial charge in [0.1, 0.15) is 12.3 Å². The average Bonchev–Trinajstić information content (AvgIpc) is 2.69. The van der Waals surface area contributed by atoms with Crippen molar-refractivity contribution in [2.24, 2.45) is 0 Å². The zero-order chi connectivity index (χ0) is 13.8. The summed E-state index contributed by atoms with van der Waals surface area (Å²) in [5, 5.41) is 8.70. The lowest BCUT2D eigenvalue weighted by Gasteiger charge is -2.18. The van der Waals surface area contributed by atoms with Gasteiger partial charge in [0.05, 0.1) is 18.7 Å². The maximum atomic E-state index is 11.9. The highest BCUT2D eigenvalue weighted by Crippen LogP contribution is 2.28. The molecule has 0 saturated carbocycles. The molecule has 2 rings (SSSR count). The SMILES string of the molecule is CCOc1ccc(C2CN(CC#N)C(=O)N2C)cc1. The third kappa shape index (κ3) is 2.63. The van der Waals surface area contributed by atoms with Gasteiger partial charge in [-0.2, -0.15) is 5.26 Å². The van der Waals surface area contributed by atoms with E-state index in [0.717, 1.165) is 11.3 Å². The third-order valence-corrected chi connectivity index (χ3v) is 3.27. The maximum Gasteiger partial charge on any atom is 0.321 e. The van der Waals surface area contributed by atoms with Crippen LogP contribution < -0.4 is 4.74 Å². The van der Waals surface area contributed by atoms with Crippen LogP contribution in [0.3, 0.4) is 0 Å². The summed E-state index contributed by atoms with van der Waals surface area (Å²) in [6.45, 7) is 3.27. The largest absolute Gasteiger partial charge is 0.494 e. The lowest BCUT2D eigenvalue weighted by atomic mass is 10.1. The molecule has 0 aromatic heterocycles. The Balaban J connectivity index is 2.14. The van der Waals surface area contributed by atoms with E-state index in [2.05, 4.69) is 0 Å². The van der Waals surface area contributed by atoms with Gasteiger partial charge in [-0.05, 0) is 24.6 Å². The summed E-state index contributed by atoms with van der Waals surface area (Å²) in [5.41, 5.74) is 1.06. The van der Waals surface area contributed by atoms with Crippen molar-refractivity contribution in [1.82, 2.24) is 9.80 Å². The molecule has 1 unspecified atom stereocenters. The molecule has 0 aliphatic carbocycles. The van der Waals surface area contributed by atoms with Gasteiger partial charge in [0, 0.05) is 13.6 Å². The summed E-state index contributed by atoms with van der Waals surface area (Å²) < 4.78 is 5.40. The number of amides is 2. The van der Waals surface area contributed by atoms with Crippen molar-refractivity contribution < 1.29 is 9.53 Å². The first-order chi connectivity index (χ1) is 9.17. The Kier molecular flexibility index (Phi) is 3.91. The van der Waals surface area contributed by atoms with Crippen LogP contribution in [0.2, 0.25) is 0 Å². The number of likely N-dealkylation sites (N-methyl/N-ethyl adjacent to an activating group) is 1. The number of hydrogen-bond donors (Lipinski definition) is 0. The van der Waals surface area contributed by atoms with Gasteiger partial charge in [-0.1, -0.05) is 12.1 Å². The highest BCUT2D eigenvalue weighted by atomic mass is 16.5. The Labute approximate surface area is 113 Å². The van der Waals surface area contributed by atoms with Crippen LogP contribution in [0.4, 0.5) is 4.79 Å². The number of benzene rings is 1. The molecule has 1 heterocycles. The number of rotatable bonds is 4. The maximum absolute atomic E-state index is 11.9. The molecular weight excluding hydrogens is 242 g/mol. The van der Waals surface area contributed by atoms with E-state index in [-0.39, 0.29) is 18.6 Å². The molecule has 5 heteroatoms. The van der Waals surface area contributed by atoms with Crippen molar-refractivity contribution in [3.63, 3.8) is 0 Å². The van der Waals surface area contributed by atoms with E-state index in [0.29, 0.717) is 13.2 Å². The fraction of sp³-hybridized carbons (Fsp3) is 0.429. The van der Waals surface area contributed by atoms with Crippen LogP contribution in [-0.4, -0.2) is 42.6 Å². The van der Waals surface area contributed by atoms with Crippen molar-refractivity contribution in [3.8, 4) is 11.8 Å². The van der Waals surface area contributed by atoms with Crippen molar-refractivity contribution in [2.75, 3.05) is 26.7 Å². The standard InChI is InChI=1S/C14H17N3O2/c1-3-19-12-6-4-11(5-7-12)13-10-17(9-8-15)14(18)16(13)2/h4-7,13H,3,9-10H2,1-2H3. The molecule has 5 nitrogen and oxygen atoms in total. The molecule has 0 bridgehead atoms. The topological polar surface area (TPSA) is 56.6 Å². The lowest BCUT2D eigenvalue weighted by molar-refractivity contribution is 0.199. The van der Waals surface area contributed by atoms with E-state index >= 15 is 0 Å². The van der Waals surface area contributed by atoms with Gasteiger partial charge in [-0.15, -0.1) is 0 Å². The number of nitriles is 1. The molecule has 1 atom stereocenters. The third-order valence-electron chi connectivity index (χ3n) is 3.27. The minimum absolute atomic E-state index is 0.00322. The van der Waals surface area contributed by atoms with Crippen LogP contribution in [0.5, 0.6) is 5.75 Å². The monoisotopic (exact) mass is 259 g/mol. The predicted octanol–water partition coefficient (Wildman–Crippen LogP) is 2.02. The molecule has 1 aliphatic rings. The van der Waals surface area contributed by atoms with Crippen molar-refractivity contribution in [2.45, 2.75) is 13.0 Å². The summed E-state index contributed by atoms with van der Waals surface area (Å²) in [6, 6.07) is 9.67. The minimum Gasteiger partial charge on any atom is -0.494 e. The van der Waals surface area contributed by atoms with E-state index in [1.54, 1.807) is 16.8 Å². The highest BCUT2D eigenvalue weighted by molar-refractivity contribution is 5.77. The molecule has 0 N–H and O–H groups in total. The fourth-order valence-electron chi connectivity index (χ4n) is 2.27. The summed E-state index contributed by atoms with van der Waals surface area (Å²) >= 11 is 0. The Bertz CT molecular complexity index is 492. The van der Waals surface area contributed by atoms with E-state index in [9.17, 15) is 4.79 Å². The van der Waals surface area contributed by atoms with Gasteiger partial charge in [-0.3, -0.25) is 0 Å². The first-order valence-electron chi connectivity index (χ1n) is 6.28. The van der Waals surface area contributed by atoms with Crippen LogP contribution in [0.1, 0.15) is 18.5 Å². The van der Waals surface area contributed by atoms with Gasteiger partial charge >= 0.3 is 6.03 Å². The molecular formula is C14H17N3O2. The smallest absolute Gasteiger partial charge is 0.321 e. The molecule has 1 aliphatic heterocycles. The van der Waals surface area contributed by atoms with Crippen LogP contribution in [0, 0.1) is 11.3 Å². The molecule has 19 heavy (non-hydrogen) atoms. The molecule has 100 valence electrons. The number of hydrogen-bond acceptors (Lipinski definition) is 3. The predicted molar refractivity (Wildman–Crippen MR) is 70.7 cm³/mol. The number of nitrogens with zero attached hydrogens (tertiary/aromatic N) is 3. The molecule has 1 saturated heterocycles. The number of ether oxygens (including phenoxy) is 1. The van der Waals surface area contributed by atoms with Gasteiger partial charge in [0.2, 0.25) is 0 Å². The first-order valence-corrected chi connectivity index (χ1v) is 6.28. The number of urea groups is 1. The second kappa shape index (κ2) is 5.61. The van der Waals surface area contributed by atoms with Crippen LogP contribution in [0.25, 0.3) is 0 Å². The van der Waals surface area contributed by atoms with Crippen molar-refractivity contribution >= 4 is 6.03 Å². The Hall–Kier alpha value is -2.22. The first kappa shape index (κ1) is 13.2. The van der Waals surface area contributed by atoms with Gasteiger partial charge < -0.3 is 14.5 Å². The summed E-state index contributed by atoms with van der Waals surface area (Å²) in [7, 11) is 1.76. The van der Waals surface area contributed by atoms with Crippen LogP contribution in [0.15, 0.2) is 24.3 Å².